The lowest BCUT2D eigenvalue weighted by atomic mass is 9.88. The molecule has 0 fully saturated rings. The van der Waals surface area contributed by atoms with Crippen LogP contribution in [0.1, 0.15) is 41.4 Å². The van der Waals surface area contributed by atoms with E-state index in [4.69, 9.17) is 9.47 Å². The molecule has 0 amide bonds. The largest absolute Gasteiger partial charge is 0.478 e. The molecule has 0 bridgehead atoms. The van der Waals surface area contributed by atoms with Crippen LogP contribution in [0, 0.1) is 0 Å². The van der Waals surface area contributed by atoms with Crippen molar-refractivity contribution in [1.29, 1.82) is 0 Å². The maximum absolute atomic E-state index is 12.3. The van der Waals surface area contributed by atoms with Gasteiger partial charge in [-0.25, -0.2) is 19.2 Å². The summed E-state index contributed by atoms with van der Waals surface area (Å²) in [6.45, 7) is -0.431. The van der Waals surface area contributed by atoms with Crippen LogP contribution in [-0.4, -0.2) is 47.3 Å². The highest BCUT2D eigenvalue weighted by Crippen LogP contribution is 2.33. The van der Waals surface area contributed by atoms with Gasteiger partial charge in [-0.3, -0.25) is 0 Å². The smallest absolute Gasteiger partial charge is 0.340 e. The summed E-state index contributed by atoms with van der Waals surface area (Å²) in [5.74, 6) is -5.17. The van der Waals surface area contributed by atoms with Crippen LogP contribution >= 0.6 is 0 Å². The maximum atomic E-state index is 12.3. The Balaban J connectivity index is 2.60. The van der Waals surface area contributed by atoms with Gasteiger partial charge in [-0.05, 0) is 10.8 Å². The van der Waals surface area contributed by atoms with Crippen molar-refractivity contribution >= 4 is 34.6 Å². The third-order valence-corrected chi connectivity index (χ3v) is 3.60. The summed E-state index contributed by atoms with van der Waals surface area (Å²) >= 11 is 0. The van der Waals surface area contributed by atoms with Crippen LogP contribution in [0.4, 0.5) is 0 Å². The molecule has 24 heavy (non-hydrogen) atoms. The van der Waals surface area contributed by atoms with Crippen molar-refractivity contribution in [3.05, 3.63) is 46.5 Å². The number of carboxylic acids is 2. The van der Waals surface area contributed by atoms with Crippen molar-refractivity contribution in [3.8, 4) is 0 Å². The Morgan fingerprint density at radius 1 is 0.792 bits per heavy atom. The number of esters is 2. The first-order valence-electron chi connectivity index (χ1n) is 6.83. The van der Waals surface area contributed by atoms with Crippen molar-refractivity contribution < 1.29 is 38.9 Å². The van der Waals surface area contributed by atoms with Crippen LogP contribution in [0.25, 0.3) is 10.8 Å². The van der Waals surface area contributed by atoms with E-state index in [0.29, 0.717) is 0 Å². The van der Waals surface area contributed by atoms with Crippen LogP contribution < -0.4 is 0 Å². The molecule has 2 aromatic carbocycles. The molecule has 8 nitrogen and oxygen atoms in total. The van der Waals surface area contributed by atoms with Gasteiger partial charge in [0.05, 0.1) is 22.3 Å². The second-order valence-corrected chi connectivity index (χ2v) is 4.93. The number of carbonyl (C=O) groups excluding carboxylic acids is 2. The zero-order valence-electron chi connectivity index (χ0n) is 12.1. The number of carbonyl (C=O) groups is 4. The van der Waals surface area contributed by atoms with E-state index in [9.17, 15) is 29.4 Å². The van der Waals surface area contributed by atoms with E-state index in [1.165, 1.54) is 24.3 Å². The maximum Gasteiger partial charge on any atom is 0.340 e. The van der Waals surface area contributed by atoms with Crippen molar-refractivity contribution in [1.82, 2.24) is 0 Å². The van der Waals surface area contributed by atoms with Gasteiger partial charge in [0.25, 0.3) is 0 Å². The van der Waals surface area contributed by atoms with E-state index in [1.54, 1.807) is 0 Å². The molecule has 0 aliphatic carbocycles. The molecule has 0 unspecified atom stereocenters. The summed E-state index contributed by atoms with van der Waals surface area (Å²) in [4.78, 5) is 47.9. The molecule has 0 aromatic heterocycles. The molecule has 0 atom stereocenters. The molecule has 8 heteroatoms. The second kappa shape index (κ2) is 5.65. The van der Waals surface area contributed by atoms with Gasteiger partial charge in [-0.15, -0.1) is 0 Å². The number of benzene rings is 2. The summed E-state index contributed by atoms with van der Waals surface area (Å²) in [6.07, 6.45) is 0. The van der Waals surface area contributed by atoms with Crippen molar-refractivity contribution in [3.63, 3.8) is 0 Å². The number of ether oxygens (including phenoxy) is 2. The number of carboxylic acid groups (broad SMARTS) is 2. The van der Waals surface area contributed by atoms with Crippen LogP contribution in [-0.2, 0) is 9.47 Å². The van der Waals surface area contributed by atoms with E-state index in [2.05, 4.69) is 0 Å². The van der Waals surface area contributed by atoms with Crippen LogP contribution in [0.3, 0.4) is 0 Å². The third-order valence-electron chi connectivity index (χ3n) is 3.60. The highest BCUT2D eigenvalue weighted by atomic mass is 16.6. The summed E-state index contributed by atoms with van der Waals surface area (Å²) in [7, 11) is 0. The number of fused-ring (bicyclic) bond motifs is 3. The zero-order valence-corrected chi connectivity index (χ0v) is 12.1. The van der Waals surface area contributed by atoms with Gasteiger partial charge in [0.15, 0.2) is 0 Å². The summed E-state index contributed by atoms with van der Waals surface area (Å²) in [6, 6.07) is 5.82. The van der Waals surface area contributed by atoms with E-state index in [1.807, 2.05) is 0 Å². The minimum Gasteiger partial charge on any atom is -0.478 e. The molecule has 0 saturated heterocycles. The van der Waals surface area contributed by atoms with E-state index < -0.39 is 40.6 Å². The van der Waals surface area contributed by atoms with Gasteiger partial charge in [-0.1, -0.05) is 24.3 Å². The second-order valence-electron chi connectivity index (χ2n) is 4.93. The fraction of sp³-hybridized carbons (Fsp3) is 0.125. The molecule has 2 aromatic rings. The Labute approximate surface area is 134 Å². The summed E-state index contributed by atoms with van der Waals surface area (Å²) < 4.78 is 9.80. The molecule has 0 spiro atoms. The molecule has 1 aliphatic heterocycles. The van der Waals surface area contributed by atoms with Crippen LogP contribution in [0.2, 0.25) is 0 Å². The normalized spacial score (nSPS) is 14.2. The predicted octanol–water partition coefficient (Wildman–Crippen LogP) is 1.56. The van der Waals surface area contributed by atoms with Gasteiger partial charge in [0, 0.05) is 0 Å². The molecule has 2 N–H and O–H groups in total. The summed E-state index contributed by atoms with van der Waals surface area (Å²) in [5.41, 5.74) is -2.29. The highest BCUT2D eigenvalue weighted by Gasteiger charge is 2.35. The van der Waals surface area contributed by atoms with Gasteiger partial charge >= 0.3 is 23.9 Å². The predicted molar refractivity (Wildman–Crippen MR) is 78.4 cm³/mol. The average Bonchev–Trinajstić information content (AvgIpc) is 2.54. The van der Waals surface area contributed by atoms with Crippen molar-refractivity contribution in [2.45, 2.75) is 0 Å². The number of aromatic carboxylic acids is 2. The zero-order chi connectivity index (χ0) is 17.4. The number of hydrogen-bond donors (Lipinski definition) is 2. The Kier molecular flexibility index (Phi) is 3.64. The topological polar surface area (TPSA) is 127 Å². The van der Waals surface area contributed by atoms with E-state index in [-0.39, 0.29) is 29.5 Å². The molecule has 0 saturated carbocycles. The van der Waals surface area contributed by atoms with Crippen LogP contribution in [0.5, 0.6) is 0 Å². The fourth-order valence-corrected chi connectivity index (χ4v) is 2.70. The quantitative estimate of drug-likeness (QED) is 0.794. The molecule has 1 aliphatic rings. The van der Waals surface area contributed by atoms with Crippen molar-refractivity contribution in [2.75, 3.05) is 13.2 Å². The standard InChI is InChI=1S/C16H10O8/c17-13(18)9-7-3-1-2-4-8(7)10-12(11(9)14(19)20)16(22)24-6-5-23-15(10)21/h1-4H,5-6H2,(H,17,18)(H,19,20). The summed E-state index contributed by atoms with van der Waals surface area (Å²) in [5, 5.41) is 19.1. The first kappa shape index (κ1) is 15.5. The first-order valence-corrected chi connectivity index (χ1v) is 6.83. The van der Waals surface area contributed by atoms with Gasteiger partial charge in [-0.2, -0.15) is 0 Å². The van der Waals surface area contributed by atoms with Crippen molar-refractivity contribution in [2.24, 2.45) is 0 Å². The van der Waals surface area contributed by atoms with Gasteiger partial charge in [0.2, 0.25) is 0 Å². The minimum atomic E-state index is -1.65. The minimum absolute atomic E-state index is 0.0199. The lowest BCUT2D eigenvalue weighted by Gasteiger charge is -2.19. The SMILES string of the molecule is O=C(O)c1c2c(c3ccccc3c1C(=O)O)C(=O)OCCOC2=O. The monoisotopic (exact) mass is 330 g/mol. The van der Waals surface area contributed by atoms with Gasteiger partial charge in [0.1, 0.15) is 13.2 Å². The average molecular weight is 330 g/mol. The first-order chi connectivity index (χ1) is 11.4. The molecule has 3 rings (SSSR count). The Hall–Kier alpha value is -3.42. The highest BCUT2D eigenvalue weighted by molar-refractivity contribution is 6.23. The van der Waals surface area contributed by atoms with Crippen LogP contribution in [0.15, 0.2) is 24.3 Å². The lowest BCUT2D eigenvalue weighted by Crippen LogP contribution is -2.26. The third kappa shape index (κ3) is 2.24. The molecule has 1 heterocycles. The molecular weight excluding hydrogens is 320 g/mol. The number of rotatable bonds is 2. The molecular formula is C16H10O8. The fourth-order valence-electron chi connectivity index (χ4n) is 2.70. The van der Waals surface area contributed by atoms with E-state index in [0.717, 1.165) is 0 Å². The Morgan fingerprint density at radius 3 is 1.83 bits per heavy atom. The Bertz CT molecular complexity index is 912. The number of cyclic esters (lactones) is 2. The Morgan fingerprint density at radius 2 is 1.29 bits per heavy atom. The number of hydrogen-bond acceptors (Lipinski definition) is 6. The van der Waals surface area contributed by atoms with Gasteiger partial charge < -0.3 is 19.7 Å². The molecule has 122 valence electrons. The van der Waals surface area contributed by atoms with E-state index >= 15 is 0 Å². The molecule has 0 radical (unpaired) electrons. The lowest BCUT2D eigenvalue weighted by molar-refractivity contribution is 0.0224.